The van der Waals surface area contributed by atoms with Crippen LogP contribution in [0.1, 0.15) is 56.1 Å². The molecule has 6 heteroatoms. The van der Waals surface area contributed by atoms with Crippen molar-refractivity contribution in [1.29, 1.82) is 0 Å². The zero-order valence-electron chi connectivity index (χ0n) is 13.9. The van der Waals surface area contributed by atoms with Crippen LogP contribution >= 0.6 is 0 Å². The number of benzene rings is 1. The van der Waals surface area contributed by atoms with E-state index in [-0.39, 0.29) is 6.61 Å². The minimum Gasteiger partial charge on any atom is -0.480 e. The van der Waals surface area contributed by atoms with Gasteiger partial charge in [-0.2, -0.15) is 0 Å². The number of aliphatic carboxylic acids is 1. The van der Waals surface area contributed by atoms with Crippen molar-refractivity contribution in [3.05, 3.63) is 35.4 Å². The van der Waals surface area contributed by atoms with Crippen molar-refractivity contribution >= 4 is 12.1 Å². The van der Waals surface area contributed by atoms with Crippen molar-refractivity contribution in [3.63, 3.8) is 0 Å². The molecular weight excluding hydrogens is 310 g/mol. The van der Waals surface area contributed by atoms with E-state index in [1.807, 2.05) is 18.2 Å². The Balaban J connectivity index is 1.96. The molecule has 6 nitrogen and oxygen atoms in total. The fraction of sp³-hybridized carbons (Fsp3) is 0.556. The SMILES string of the molecule is C[C@H](O)[C@@H](NC(=O)OCc1ccccc1C1CCCCC1)C(=O)O. The van der Waals surface area contributed by atoms with E-state index in [0.717, 1.165) is 18.4 Å². The number of carboxylic acids is 1. The molecule has 0 aromatic heterocycles. The Bertz CT molecular complexity index is 566. The highest BCUT2D eigenvalue weighted by molar-refractivity contribution is 5.80. The average Bonchev–Trinajstić information content (AvgIpc) is 2.58. The summed E-state index contributed by atoms with van der Waals surface area (Å²) in [5.41, 5.74) is 2.15. The average molecular weight is 335 g/mol. The fourth-order valence-corrected chi connectivity index (χ4v) is 3.18. The minimum absolute atomic E-state index is 0.0880. The molecule has 0 bridgehead atoms. The molecule has 1 amide bonds. The molecule has 132 valence electrons. The Morgan fingerprint density at radius 1 is 1.25 bits per heavy atom. The number of rotatable bonds is 6. The van der Waals surface area contributed by atoms with Crippen LogP contribution in [0.2, 0.25) is 0 Å². The van der Waals surface area contributed by atoms with Crippen molar-refractivity contribution in [1.82, 2.24) is 5.32 Å². The van der Waals surface area contributed by atoms with E-state index < -0.39 is 24.2 Å². The van der Waals surface area contributed by atoms with E-state index in [4.69, 9.17) is 9.84 Å². The number of aliphatic hydroxyl groups excluding tert-OH is 1. The first kappa shape index (κ1) is 18.3. The molecule has 0 unspecified atom stereocenters. The third-order valence-corrected chi connectivity index (χ3v) is 4.48. The molecule has 1 saturated carbocycles. The molecule has 2 atom stereocenters. The van der Waals surface area contributed by atoms with Gasteiger partial charge in [0.2, 0.25) is 0 Å². The highest BCUT2D eigenvalue weighted by Gasteiger charge is 2.26. The lowest BCUT2D eigenvalue weighted by Crippen LogP contribution is -2.47. The number of aliphatic hydroxyl groups is 1. The van der Waals surface area contributed by atoms with E-state index in [1.54, 1.807) is 0 Å². The first-order valence-corrected chi connectivity index (χ1v) is 8.41. The van der Waals surface area contributed by atoms with Crippen LogP contribution in [-0.4, -0.2) is 34.4 Å². The van der Waals surface area contributed by atoms with Crippen molar-refractivity contribution in [2.75, 3.05) is 0 Å². The number of nitrogens with one attached hydrogen (secondary N) is 1. The van der Waals surface area contributed by atoms with Gasteiger partial charge in [-0.25, -0.2) is 9.59 Å². The molecule has 1 aliphatic carbocycles. The molecule has 0 radical (unpaired) electrons. The summed E-state index contributed by atoms with van der Waals surface area (Å²) in [7, 11) is 0. The third-order valence-electron chi connectivity index (χ3n) is 4.48. The maximum atomic E-state index is 11.8. The highest BCUT2D eigenvalue weighted by atomic mass is 16.5. The molecule has 0 spiro atoms. The number of alkyl carbamates (subject to hydrolysis) is 1. The molecule has 1 fully saturated rings. The van der Waals surface area contributed by atoms with Gasteiger partial charge in [-0.1, -0.05) is 43.5 Å². The molecular formula is C18H25NO5. The van der Waals surface area contributed by atoms with E-state index in [9.17, 15) is 14.7 Å². The zero-order valence-corrected chi connectivity index (χ0v) is 13.9. The number of amides is 1. The predicted octanol–water partition coefficient (Wildman–Crippen LogP) is 2.79. The summed E-state index contributed by atoms with van der Waals surface area (Å²) in [5.74, 6) is -0.810. The predicted molar refractivity (Wildman–Crippen MR) is 88.7 cm³/mol. The fourth-order valence-electron chi connectivity index (χ4n) is 3.18. The summed E-state index contributed by atoms with van der Waals surface area (Å²) in [5, 5.41) is 20.5. The minimum atomic E-state index is -1.38. The standard InChI is InChI=1S/C18H25NO5/c1-12(20)16(17(21)22)19-18(23)24-11-14-9-5-6-10-15(14)13-7-3-2-4-8-13/h5-6,9-10,12-13,16,20H,2-4,7-8,11H2,1H3,(H,19,23)(H,21,22)/t12-,16+/m0/s1. The molecule has 1 aliphatic rings. The summed E-state index contributed by atoms with van der Waals surface area (Å²) in [6, 6.07) is 6.51. The van der Waals surface area contributed by atoms with Crippen molar-refractivity contribution in [2.24, 2.45) is 0 Å². The van der Waals surface area contributed by atoms with Gasteiger partial charge in [0, 0.05) is 0 Å². The van der Waals surface area contributed by atoms with Gasteiger partial charge in [-0.05, 0) is 36.8 Å². The normalized spacial score (nSPS) is 17.8. The summed E-state index contributed by atoms with van der Waals surface area (Å²) >= 11 is 0. The molecule has 0 aliphatic heterocycles. The molecule has 2 rings (SSSR count). The monoisotopic (exact) mass is 335 g/mol. The molecule has 3 N–H and O–H groups in total. The van der Waals surface area contributed by atoms with Gasteiger partial charge >= 0.3 is 12.1 Å². The van der Waals surface area contributed by atoms with Crippen molar-refractivity contribution in [3.8, 4) is 0 Å². The lowest BCUT2D eigenvalue weighted by molar-refractivity contribution is -0.142. The highest BCUT2D eigenvalue weighted by Crippen LogP contribution is 2.34. The maximum Gasteiger partial charge on any atom is 0.408 e. The van der Waals surface area contributed by atoms with Gasteiger partial charge in [0.25, 0.3) is 0 Å². The maximum absolute atomic E-state index is 11.8. The zero-order chi connectivity index (χ0) is 17.5. The van der Waals surface area contributed by atoms with Crippen LogP contribution in [0.15, 0.2) is 24.3 Å². The third kappa shape index (κ3) is 4.96. The van der Waals surface area contributed by atoms with Crippen LogP contribution in [0.4, 0.5) is 4.79 Å². The van der Waals surface area contributed by atoms with Crippen LogP contribution in [0, 0.1) is 0 Å². The lowest BCUT2D eigenvalue weighted by atomic mass is 9.82. The van der Waals surface area contributed by atoms with Crippen LogP contribution in [0.3, 0.4) is 0 Å². The Morgan fingerprint density at radius 3 is 2.54 bits per heavy atom. The number of carbonyl (C=O) groups excluding carboxylic acids is 1. The van der Waals surface area contributed by atoms with Crippen LogP contribution in [0.25, 0.3) is 0 Å². The Hall–Kier alpha value is -2.08. The second kappa shape index (κ2) is 8.68. The molecule has 24 heavy (non-hydrogen) atoms. The van der Waals surface area contributed by atoms with E-state index >= 15 is 0 Å². The van der Waals surface area contributed by atoms with Gasteiger partial charge in [0.05, 0.1) is 6.10 Å². The van der Waals surface area contributed by atoms with Gasteiger partial charge in [-0.3, -0.25) is 0 Å². The number of carbonyl (C=O) groups is 2. The van der Waals surface area contributed by atoms with Gasteiger partial charge < -0.3 is 20.3 Å². The summed E-state index contributed by atoms with van der Waals surface area (Å²) < 4.78 is 5.17. The van der Waals surface area contributed by atoms with Gasteiger partial charge in [-0.15, -0.1) is 0 Å². The second-order valence-electron chi connectivity index (χ2n) is 6.31. The first-order valence-electron chi connectivity index (χ1n) is 8.41. The second-order valence-corrected chi connectivity index (χ2v) is 6.31. The smallest absolute Gasteiger partial charge is 0.408 e. The Labute approximate surface area is 141 Å². The molecule has 0 saturated heterocycles. The molecule has 0 heterocycles. The van der Waals surface area contributed by atoms with Crippen LogP contribution in [-0.2, 0) is 16.1 Å². The van der Waals surface area contributed by atoms with Crippen LogP contribution < -0.4 is 5.32 Å². The first-order chi connectivity index (χ1) is 11.5. The van der Waals surface area contributed by atoms with E-state index in [1.165, 1.54) is 31.7 Å². The van der Waals surface area contributed by atoms with Gasteiger partial charge in [0.15, 0.2) is 6.04 Å². The van der Waals surface area contributed by atoms with Crippen LogP contribution in [0.5, 0.6) is 0 Å². The quantitative estimate of drug-likeness (QED) is 0.743. The summed E-state index contributed by atoms with van der Waals surface area (Å²) in [6.07, 6.45) is 3.95. The van der Waals surface area contributed by atoms with Crippen molar-refractivity contribution < 1.29 is 24.5 Å². The van der Waals surface area contributed by atoms with E-state index in [0.29, 0.717) is 5.92 Å². The lowest BCUT2D eigenvalue weighted by Gasteiger charge is -2.24. The Morgan fingerprint density at radius 2 is 1.92 bits per heavy atom. The Kier molecular flexibility index (Phi) is 6.61. The number of hydrogen-bond acceptors (Lipinski definition) is 4. The van der Waals surface area contributed by atoms with Gasteiger partial charge in [0.1, 0.15) is 6.61 Å². The topological polar surface area (TPSA) is 95.9 Å². The molecule has 1 aromatic rings. The van der Waals surface area contributed by atoms with E-state index in [2.05, 4.69) is 11.4 Å². The molecule has 1 aromatic carbocycles. The summed E-state index contributed by atoms with van der Waals surface area (Å²) in [6.45, 7) is 1.39. The number of hydrogen-bond donors (Lipinski definition) is 3. The number of ether oxygens (including phenoxy) is 1. The largest absolute Gasteiger partial charge is 0.480 e. The summed E-state index contributed by atoms with van der Waals surface area (Å²) in [4.78, 5) is 22.8. The number of carboxylic acid groups (broad SMARTS) is 1. The van der Waals surface area contributed by atoms with Crippen molar-refractivity contribution in [2.45, 2.75) is 63.7 Å².